The topological polar surface area (TPSA) is 131 Å². The van der Waals surface area contributed by atoms with Crippen LogP contribution in [0.25, 0.3) is 0 Å². The van der Waals surface area contributed by atoms with Gasteiger partial charge in [0.15, 0.2) is 15.7 Å². The van der Waals surface area contributed by atoms with Gasteiger partial charge in [-0.05, 0) is 43.5 Å². The van der Waals surface area contributed by atoms with Crippen molar-refractivity contribution in [3.63, 3.8) is 0 Å². The first-order valence-corrected chi connectivity index (χ1v) is 10.0. The number of hydrogen-bond acceptors (Lipinski definition) is 6. The van der Waals surface area contributed by atoms with Crippen molar-refractivity contribution in [1.82, 2.24) is 9.78 Å². The summed E-state index contributed by atoms with van der Waals surface area (Å²) in [6, 6.07) is 8.33. The lowest BCUT2D eigenvalue weighted by atomic mass is 10.1. The van der Waals surface area contributed by atoms with Crippen LogP contribution in [-0.4, -0.2) is 30.4 Å². The fourth-order valence-corrected chi connectivity index (χ4v) is 3.79. The van der Waals surface area contributed by atoms with Crippen LogP contribution in [0.3, 0.4) is 0 Å². The maximum atomic E-state index is 11.8. The van der Waals surface area contributed by atoms with Gasteiger partial charge in [0.2, 0.25) is 0 Å². The quantitative estimate of drug-likeness (QED) is 0.824. The molecule has 2 aromatic rings. The molecule has 26 heavy (non-hydrogen) atoms. The average molecular weight is 373 g/mol. The molecule has 1 aromatic heterocycles. The highest BCUT2D eigenvalue weighted by molar-refractivity contribution is 7.90. The minimum absolute atomic E-state index is 0.0822. The Morgan fingerprint density at radius 3 is 2.62 bits per heavy atom. The van der Waals surface area contributed by atoms with Gasteiger partial charge in [-0.1, -0.05) is 0 Å². The largest absolute Gasteiger partial charge is 0.365 e. The summed E-state index contributed by atoms with van der Waals surface area (Å²) >= 11 is 0. The Labute approximate surface area is 151 Å². The summed E-state index contributed by atoms with van der Waals surface area (Å²) in [5, 5.41) is 16.7. The first-order chi connectivity index (χ1) is 12.3. The van der Waals surface area contributed by atoms with Crippen molar-refractivity contribution < 1.29 is 13.2 Å². The molecule has 1 aliphatic rings. The first-order valence-electron chi connectivity index (χ1n) is 8.15. The van der Waals surface area contributed by atoms with E-state index in [9.17, 15) is 18.5 Å². The summed E-state index contributed by atoms with van der Waals surface area (Å²) in [5.74, 6) is -0.483. The number of nitrogens with two attached hydrogens (primary N) is 1. The zero-order valence-electron chi connectivity index (χ0n) is 14.2. The summed E-state index contributed by atoms with van der Waals surface area (Å²) in [5.41, 5.74) is 6.25. The molecule has 136 valence electrons. The van der Waals surface area contributed by atoms with Crippen molar-refractivity contribution in [3.8, 4) is 6.07 Å². The highest BCUT2D eigenvalue weighted by atomic mass is 32.2. The number of nitriles is 1. The lowest BCUT2D eigenvalue weighted by Gasteiger charge is -2.13. The van der Waals surface area contributed by atoms with Crippen molar-refractivity contribution in [2.45, 2.75) is 30.2 Å². The van der Waals surface area contributed by atoms with Gasteiger partial charge in [0.05, 0.1) is 22.9 Å². The number of sulfone groups is 1. The first kappa shape index (κ1) is 17.9. The highest BCUT2D eigenvalue weighted by Gasteiger charge is 2.30. The molecule has 0 spiro atoms. The van der Waals surface area contributed by atoms with Crippen LogP contribution in [0.2, 0.25) is 0 Å². The van der Waals surface area contributed by atoms with E-state index in [1.165, 1.54) is 12.1 Å². The number of carbonyl (C=O) groups excluding carboxylic acids is 1. The molecule has 0 radical (unpaired) electrons. The maximum absolute atomic E-state index is 11.8. The van der Waals surface area contributed by atoms with E-state index in [-0.39, 0.29) is 28.2 Å². The van der Waals surface area contributed by atoms with E-state index in [1.807, 2.05) is 0 Å². The van der Waals surface area contributed by atoms with E-state index >= 15 is 0 Å². The fourth-order valence-electron chi connectivity index (χ4n) is 3.16. The van der Waals surface area contributed by atoms with Crippen molar-refractivity contribution in [3.05, 3.63) is 36.0 Å². The van der Waals surface area contributed by atoms with E-state index < -0.39 is 15.7 Å². The molecule has 9 heteroatoms. The molecule has 1 aromatic carbocycles. The van der Waals surface area contributed by atoms with Gasteiger partial charge < -0.3 is 11.1 Å². The van der Waals surface area contributed by atoms with E-state index in [0.717, 1.165) is 25.5 Å². The Hall–Kier alpha value is -2.86. The predicted octanol–water partition coefficient (Wildman–Crippen LogP) is 1.99. The Kier molecular flexibility index (Phi) is 4.70. The van der Waals surface area contributed by atoms with Crippen LogP contribution in [-0.2, 0) is 9.84 Å². The molecule has 0 bridgehead atoms. The van der Waals surface area contributed by atoms with Crippen molar-refractivity contribution >= 4 is 27.2 Å². The van der Waals surface area contributed by atoms with Gasteiger partial charge in [0.25, 0.3) is 5.91 Å². The molecule has 0 saturated heterocycles. The Morgan fingerprint density at radius 1 is 1.35 bits per heavy atom. The number of aromatic nitrogens is 2. The third-order valence-electron chi connectivity index (χ3n) is 4.53. The second-order valence-electron chi connectivity index (χ2n) is 6.39. The molecule has 0 aliphatic heterocycles. The van der Waals surface area contributed by atoms with Gasteiger partial charge in [0, 0.05) is 18.1 Å². The molecule has 8 nitrogen and oxygen atoms in total. The second-order valence-corrected chi connectivity index (χ2v) is 8.41. The van der Waals surface area contributed by atoms with Gasteiger partial charge in [-0.25, -0.2) is 8.42 Å². The molecule has 1 amide bonds. The lowest BCUT2D eigenvalue weighted by molar-refractivity contribution is 0.100. The normalized spacial score (nSPS) is 19.8. The molecule has 0 unspecified atom stereocenters. The minimum Gasteiger partial charge on any atom is -0.365 e. The Bertz CT molecular complexity index is 973. The number of anilines is 2. The van der Waals surface area contributed by atoms with Crippen LogP contribution >= 0.6 is 0 Å². The SMILES string of the molecule is CS(=O)(=O)c1ccc(Nc2nn([C@H]3CCC[C@H]3C#N)cc2C(N)=O)cc1. The average Bonchev–Trinajstić information content (AvgIpc) is 3.20. The van der Waals surface area contributed by atoms with Gasteiger partial charge in [-0.3, -0.25) is 9.48 Å². The predicted molar refractivity (Wildman–Crippen MR) is 95.6 cm³/mol. The lowest BCUT2D eigenvalue weighted by Crippen LogP contribution is -2.14. The van der Waals surface area contributed by atoms with Crippen LogP contribution in [0.15, 0.2) is 35.4 Å². The molecule has 1 fully saturated rings. The number of carbonyl (C=O) groups is 1. The molecule has 1 heterocycles. The van der Waals surface area contributed by atoms with Gasteiger partial charge in [0.1, 0.15) is 5.56 Å². The fraction of sp³-hybridized carbons (Fsp3) is 0.353. The number of amides is 1. The number of rotatable bonds is 5. The summed E-state index contributed by atoms with van der Waals surface area (Å²) in [4.78, 5) is 12.0. The minimum atomic E-state index is -3.28. The second kappa shape index (κ2) is 6.80. The van der Waals surface area contributed by atoms with Crippen molar-refractivity contribution in [1.29, 1.82) is 5.26 Å². The summed E-state index contributed by atoms with van der Waals surface area (Å²) in [6.07, 6.45) is 5.26. The van der Waals surface area contributed by atoms with Crippen molar-refractivity contribution in [2.75, 3.05) is 11.6 Å². The molecule has 3 N–H and O–H groups in total. The van der Waals surface area contributed by atoms with Crippen LogP contribution in [0.4, 0.5) is 11.5 Å². The number of nitrogens with one attached hydrogen (secondary N) is 1. The molecule has 2 atom stereocenters. The zero-order chi connectivity index (χ0) is 18.9. The number of nitrogens with zero attached hydrogens (tertiary/aromatic N) is 3. The van der Waals surface area contributed by atoms with Crippen LogP contribution in [0, 0.1) is 17.2 Å². The molecular weight excluding hydrogens is 354 g/mol. The van der Waals surface area contributed by atoms with Crippen molar-refractivity contribution in [2.24, 2.45) is 11.7 Å². The van der Waals surface area contributed by atoms with Gasteiger partial charge >= 0.3 is 0 Å². The third kappa shape index (κ3) is 3.55. The van der Waals surface area contributed by atoms with Crippen LogP contribution in [0.1, 0.15) is 35.7 Å². The molecular formula is C17H19N5O3S. The summed E-state index contributed by atoms with van der Waals surface area (Å²) in [6.45, 7) is 0. The molecule has 1 aliphatic carbocycles. The van der Waals surface area contributed by atoms with Gasteiger partial charge in [-0.15, -0.1) is 0 Å². The van der Waals surface area contributed by atoms with E-state index in [1.54, 1.807) is 23.0 Å². The standard InChI is InChI=1S/C17H19N5O3S/c1-26(24,25)13-7-5-12(6-8-13)20-17-14(16(19)23)10-22(21-17)15-4-2-3-11(15)9-18/h5-8,10-11,15H,2-4H2,1H3,(H2,19,23)(H,20,21)/t11-,15-/m0/s1. The van der Waals surface area contributed by atoms with E-state index in [2.05, 4.69) is 16.5 Å². The molecule has 1 saturated carbocycles. The monoisotopic (exact) mass is 373 g/mol. The maximum Gasteiger partial charge on any atom is 0.254 e. The summed E-state index contributed by atoms with van der Waals surface area (Å²) in [7, 11) is -3.28. The summed E-state index contributed by atoms with van der Waals surface area (Å²) < 4.78 is 24.7. The van der Waals surface area contributed by atoms with E-state index in [4.69, 9.17) is 5.73 Å². The van der Waals surface area contributed by atoms with Crippen LogP contribution in [0.5, 0.6) is 0 Å². The van der Waals surface area contributed by atoms with Gasteiger partial charge in [-0.2, -0.15) is 10.4 Å². The highest BCUT2D eigenvalue weighted by Crippen LogP contribution is 2.36. The third-order valence-corrected chi connectivity index (χ3v) is 5.66. The smallest absolute Gasteiger partial charge is 0.254 e. The number of benzene rings is 1. The zero-order valence-corrected chi connectivity index (χ0v) is 15.0. The number of hydrogen-bond donors (Lipinski definition) is 2. The van der Waals surface area contributed by atoms with Crippen LogP contribution < -0.4 is 11.1 Å². The molecule has 3 rings (SSSR count). The number of primary amides is 1. The Morgan fingerprint density at radius 2 is 2.04 bits per heavy atom. The Balaban J connectivity index is 1.90. The van der Waals surface area contributed by atoms with E-state index in [0.29, 0.717) is 5.69 Å².